The number of aromatic amines is 1. The first kappa shape index (κ1) is 18.3. The van der Waals surface area contributed by atoms with Crippen LogP contribution in [0.3, 0.4) is 0 Å². The standard InChI is InChI=1S/C18H20N4O5/c1-4-7-22-17(24)15(16(23)19-18(22)25)13-9-12(20-21-13)11-8-10(26-2)5-6-14(11)27-3/h4-6,8,12,20,24H,1,7,9H2,2-3H3,(H,19,23,25). The summed E-state index contributed by atoms with van der Waals surface area (Å²) in [6.07, 6.45) is 1.76. The lowest BCUT2D eigenvalue weighted by Crippen LogP contribution is -2.33. The van der Waals surface area contributed by atoms with Crippen molar-refractivity contribution in [3.8, 4) is 17.4 Å². The Morgan fingerprint density at radius 3 is 2.81 bits per heavy atom. The lowest BCUT2D eigenvalue weighted by molar-refractivity contribution is 0.392. The number of ether oxygens (including phenoxy) is 2. The van der Waals surface area contributed by atoms with E-state index < -0.39 is 17.1 Å². The van der Waals surface area contributed by atoms with Gasteiger partial charge in [0.25, 0.3) is 5.56 Å². The van der Waals surface area contributed by atoms with E-state index in [-0.39, 0.29) is 18.2 Å². The zero-order valence-corrected chi connectivity index (χ0v) is 15.0. The smallest absolute Gasteiger partial charge is 0.331 e. The van der Waals surface area contributed by atoms with Crippen LogP contribution in [0.25, 0.3) is 0 Å². The lowest BCUT2D eigenvalue weighted by atomic mass is 9.99. The van der Waals surface area contributed by atoms with Crippen LogP contribution in [-0.4, -0.2) is 34.6 Å². The first-order chi connectivity index (χ1) is 13.0. The summed E-state index contributed by atoms with van der Waals surface area (Å²) in [5.74, 6) is 0.850. The minimum absolute atomic E-state index is 0.0479. The molecular formula is C18H20N4O5. The third-order valence-corrected chi connectivity index (χ3v) is 4.34. The van der Waals surface area contributed by atoms with Crippen molar-refractivity contribution in [2.75, 3.05) is 14.2 Å². The van der Waals surface area contributed by atoms with Gasteiger partial charge in [0, 0.05) is 18.5 Å². The van der Waals surface area contributed by atoms with Gasteiger partial charge in [-0.3, -0.25) is 14.3 Å². The van der Waals surface area contributed by atoms with Crippen LogP contribution in [0.4, 0.5) is 0 Å². The molecule has 1 aliphatic rings. The summed E-state index contributed by atoms with van der Waals surface area (Å²) in [5.41, 5.74) is 2.63. The number of hydrogen-bond donors (Lipinski definition) is 3. The molecule has 3 rings (SSSR count). The van der Waals surface area contributed by atoms with Crippen LogP contribution in [0, 0.1) is 0 Å². The number of nitrogens with zero attached hydrogens (tertiary/aromatic N) is 2. The lowest BCUT2D eigenvalue weighted by Gasteiger charge is -2.16. The fourth-order valence-electron chi connectivity index (χ4n) is 3.01. The van der Waals surface area contributed by atoms with Crippen LogP contribution in [0.15, 0.2) is 45.5 Å². The first-order valence-electron chi connectivity index (χ1n) is 8.21. The van der Waals surface area contributed by atoms with Crippen molar-refractivity contribution in [3.63, 3.8) is 0 Å². The number of methoxy groups -OCH3 is 2. The van der Waals surface area contributed by atoms with Crippen LogP contribution in [0.5, 0.6) is 17.4 Å². The molecule has 1 aromatic carbocycles. The van der Waals surface area contributed by atoms with Gasteiger partial charge in [-0.1, -0.05) is 6.08 Å². The molecule has 0 spiro atoms. The number of benzene rings is 1. The molecule has 0 saturated carbocycles. The Morgan fingerprint density at radius 2 is 2.15 bits per heavy atom. The molecule has 9 heteroatoms. The van der Waals surface area contributed by atoms with Crippen LogP contribution in [0.2, 0.25) is 0 Å². The number of H-pyrrole nitrogens is 1. The summed E-state index contributed by atoms with van der Waals surface area (Å²) in [7, 11) is 3.12. The summed E-state index contributed by atoms with van der Waals surface area (Å²) >= 11 is 0. The molecule has 0 bridgehead atoms. The maximum absolute atomic E-state index is 12.3. The minimum atomic E-state index is -0.710. The summed E-state index contributed by atoms with van der Waals surface area (Å²) in [6.45, 7) is 3.60. The van der Waals surface area contributed by atoms with E-state index in [9.17, 15) is 14.7 Å². The molecule has 1 atom stereocenters. The van der Waals surface area contributed by atoms with E-state index in [0.29, 0.717) is 23.6 Å². The molecule has 27 heavy (non-hydrogen) atoms. The molecule has 1 unspecified atom stereocenters. The number of hydrazone groups is 1. The molecular weight excluding hydrogens is 352 g/mol. The second-order valence-corrected chi connectivity index (χ2v) is 5.91. The van der Waals surface area contributed by atoms with Gasteiger partial charge >= 0.3 is 5.69 Å². The van der Waals surface area contributed by atoms with Crippen molar-refractivity contribution in [1.29, 1.82) is 0 Å². The van der Waals surface area contributed by atoms with E-state index in [1.54, 1.807) is 26.4 Å². The number of nitrogens with one attached hydrogen (secondary N) is 2. The van der Waals surface area contributed by atoms with E-state index >= 15 is 0 Å². The molecule has 1 aliphatic heterocycles. The van der Waals surface area contributed by atoms with E-state index in [1.807, 2.05) is 6.07 Å². The van der Waals surface area contributed by atoms with E-state index in [4.69, 9.17) is 9.47 Å². The molecule has 0 amide bonds. The summed E-state index contributed by atoms with van der Waals surface area (Å²) in [6, 6.07) is 5.09. The molecule has 142 valence electrons. The monoisotopic (exact) mass is 372 g/mol. The highest BCUT2D eigenvalue weighted by atomic mass is 16.5. The van der Waals surface area contributed by atoms with Gasteiger partial charge in [0.2, 0.25) is 5.88 Å². The highest BCUT2D eigenvalue weighted by Crippen LogP contribution is 2.34. The molecule has 0 saturated heterocycles. The number of aromatic hydroxyl groups is 1. The summed E-state index contributed by atoms with van der Waals surface area (Å²) in [5, 5.41) is 14.6. The molecule has 0 radical (unpaired) electrons. The Balaban J connectivity index is 1.98. The second kappa shape index (κ2) is 7.40. The van der Waals surface area contributed by atoms with Gasteiger partial charge in [0.1, 0.15) is 17.1 Å². The predicted octanol–water partition coefficient (Wildman–Crippen LogP) is 0.884. The number of rotatable bonds is 6. The zero-order valence-electron chi connectivity index (χ0n) is 15.0. The number of hydrogen-bond acceptors (Lipinski definition) is 7. The van der Waals surface area contributed by atoms with Gasteiger partial charge in [0.05, 0.1) is 26.0 Å². The normalized spacial score (nSPS) is 15.8. The van der Waals surface area contributed by atoms with Crippen molar-refractivity contribution >= 4 is 5.71 Å². The maximum atomic E-state index is 12.3. The van der Waals surface area contributed by atoms with E-state index in [1.165, 1.54) is 6.08 Å². The van der Waals surface area contributed by atoms with Crippen LogP contribution in [-0.2, 0) is 6.54 Å². The Bertz CT molecular complexity index is 1020. The van der Waals surface area contributed by atoms with Crippen LogP contribution >= 0.6 is 0 Å². The van der Waals surface area contributed by atoms with Crippen LogP contribution < -0.4 is 26.1 Å². The molecule has 0 fully saturated rings. The average Bonchev–Trinajstić information content (AvgIpc) is 3.13. The maximum Gasteiger partial charge on any atom is 0.331 e. The van der Waals surface area contributed by atoms with Gasteiger partial charge in [-0.05, 0) is 18.2 Å². The van der Waals surface area contributed by atoms with Crippen molar-refractivity contribution < 1.29 is 14.6 Å². The first-order valence-corrected chi connectivity index (χ1v) is 8.21. The minimum Gasteiger partial charge on any atom is -0.497 e. The molecule has 3 N–H and O–H groups in total. The highest BCUT2D eigenvalue weighted by Gasteiger charge is 2.29. The number of aromatic nitrogens is 2. The topological polar surface area (TPSA) is 118 Å². The molecule has 2 aromatic rings. The average molecular weight is 372 g/mol. The summed E-state index contributed by atoms with van der Waals surface area (Å²) in [4.78, 5) is 26.3. The zero-order chi connectivity index (χ0) is 19.6. The Hall–Kier alpha value is -3.49. The van der Waals surface area contributed by atoms with Crippen molar-refractivity contribution in [2.45, 2.75) is 19.0 Å². The fourth-order valence-corrected chi connectivity index (χ4v) is 3.01. The van der Waals surface area contributed by atoms with Crippen LogP contribution in [0.1, 0.15) is 23.6 Å². The largest absolute Gasteiger partial charge is 0.497 e. The molecule has 2 heterocycles. The number of allylic oxidation sites excluding steroid dienone is 1. The van der Waals surface area contributed by atoms with E-state index in [2.05, 4.69) is 22.1 Å². The molecule has 9 nitrogen and oxygen atoms in total. The van der Waals surface area contributed by atoms with Gasteiger partial charge in [-0.2, -0.15) is 5.10 Å². The van der Waals surface area contributed by atoms with Gasteiger partial charge < -0.3 is 20.0 Å². The third kappa shape index (κ3) is 3.31. The predicted molar refractivity (Wildman–Crippen MR) is 99.8 cm³/mol. The SMILES string of the molecule is C=CCn1c(O)c(C2=NNC(c3cc(OC)ccc3OC)C2)c(=O)[nH]c1=O. The quantitative estimate of drug-likeness (QED) is 0.648. The second-order valence-electron chi connectivity index (χ2n) is 5.91. The fraction of sp³-hybridized carbons (Fsp3) is 0.278. The molecule has 0 aliphatic carbocycles. The van der Waals surface area contributed by atoms with Gasteiger partial charge in [-0.15, -0.1) is 6.58 Å². The highest BCUT2D eigenvalue weighted by molar-refractivity contribution is 6.03. The Morgan fingerprint density at radius 1 is 1.37 bits per heavy atom. The van der Waals surface area contributed by atoms with E-state index in [0.717, 1.165) is 10.1 Å². The summed E-state index contributed by atoms with van der Waals surface area (Å²) < 4.78 is 11.7. The van der Waals surface area contributed by atoms with Crippen molar-refractivity contribution in [1.82, 2.24) is 15.0 Å². The van der Waals surface area contributed by atoms with Gasteiger partial charge in [0.15, 0.2) is 0 Å². The Kier molecular flexibility index (Phi) is 5.02. The third-order valence-electron chi connectivity index (χ3n) is 4.34. The molecule has 1 aromatic heterocycles. The Labute approximate surface area is 154 Å². The van der Waals surface area contributed by atoms with Crippen molar-refractivity contribution in [3.05, 3.63) is 62.8 Å². The van der Waals surface area contributed by atoms with Crippen molar-refractivity contribution in [2.24, 2.45) is 5.10 Å². The van der Waals surface area contributed by atoms with Gasteiger partial charge in [-0.25, -0.2) is 4.79 Å².